The lowest BCUT2D eigenvalue weighted by atomic mass is 9.96. The summed E-state index contributed by atoms with van der Waals surface area (Å²) in [5.74, 6) is 0. The summed E-state index contributed by atoms with van der Waals surface area (Å²) in [5, 5.41) is 9.95. The van der Waals surface area contributed by atoms with E-state index in [1.807, 2.05) is 30.3 Å². The van der Waals surface area contributed by atoms with Gasteiger partial charge in [-0.05, 0) is 70.1 Å². The summed E-state index contributed by atoms with van der Waals surface area (Å²) in [4.78, 5) is 10.5. The van der Waals surface area contributed by atoms with E-state index >= 15 is 0 Å². The lowest BCUT2D eigenvalue weighted by Gasteiger charge is -2.15. The third-order valence-electron chi connectivity index (χ3n) is 11.4. The van der Waals surface area contributed by atoms with Crippen molar-refractivity contribution < 1.29 is 0 Å². The molecule has 0 aliphatic carbocycles. The Labute approximate surface area is 322 Å². The summed E-state index contributed by atoms with van der Waals surface area (Å²) in [6.45, 7) is 0. The molecule has 0 aliphatic heterocycles. The van der Waals surface area contributed by atoms with Crippen LogP contribution in [0.3, 0.4) is 0 Å². The van der Waals surface area contributed by atoms with Gasteiger partial charge >= 0.3 is 0 Å². The number of para-hydroxylation sites is 4. The van der Waals surface area contributed by atoms with Gasteiger partial charge in [0.05, 0.1) is 44.5 Å². The molecule has 3 heterocycles. The van der Waals surface area contributed by atoms with Gasteiger partial charge in [-0.1, -0.05) is 146 Å². The quantitative estimate of drug-likeness (QED) is 0.182. The molecular formula is C52H32N4. The molecule has 0 amide bonds. The van der Waals surface area contributed by atoms with Crippen molar-refractivity contribution in [3.63, 3.8) is 0 Å². The summed E-state index contributed by atoms with van der Waals surface area (Å²) in [5.41, 5.74) is 12.4. The van der Waals surface area contributed by atoms with E-state index in [4.69, 9.17) is 9.97 Å². The van der Waals surface area contributed by atoms with Crippen molar-refractivity contribution in [2.75, 3.05) is 0 Å². The maximum atomic E-state index is 5.31. The second-order valence-corrected chi connectivity index (χ2v) is 14.5. The number of rotatable bonds is 4. The van der Waals surface area contributed by atoms with Gasteiger partial charge in [-0.15, -0.1) is 0 Å². The van der Waals surface area contributed by atoms with Crippen molar-refractivity contribution in [3.8, 4) is 33.9 Å². The second-order valence-electron chi connectivity index (χ2n) is 14.5. The predicted octanol–water partition coefficient (Wildman–Crippen LogP) is 13.5. The average molecular weight is 713 g/mol. The third kappa shape index (κ3) is 4.41. The van der Waals surface area contributed by atoms with Gasteiger partial charge in [-0.25, -0.2) is 9.97 Å². The number of hydrogen-bond acceptors (Lipinski definition) is 2. The summed E-state index contributed by atoms with van der Waals surface area (Å²) in [6.07, 6.45) is 0. The van der Waals surface area contributed by atoms with Gasteiger partial charge in [-0.3, -0.25) is 0 Å². The minimum atomic E-state index is 0.858. The maximum absolute atomic E-state index is 5.31. The molecule has 12 rings (SSSR count). The molecule has 4 nitrogen and oxygen atoms in total. The van der Waals surface area contributed by atoms with Crippen molar-refractivity contribution in [2.24, 2.45) is 0 Å². The van der Waals surface area contributed by atoms with E-state index in [0.29, 0.717) is 0 Å². The Bertz CT molecular complexity index is 3520. The van der Waals surface area contributed by atoms with Gasteiger partial charge in [0.2, 0.25) is 0 Å². The summed E-state index contributed by atoms with van der Waals surface area (Å²) in [6, 6.07) is 69.5. The topological polar surface area (TPSA) is 35.6 Å². The molecule has 0 radical (unpaired) electrons. The molecular weight excluding hydrogens is 681 g/mol. The van der Waals surface area contributed by atoms with Gasteiger partial charge < -0.3 is 9.13 Å². The largest absolute Gasteiger partial charge is 0.307 e. The number of hydrogen-bond donors (Lipinski definition) is 0. The highest BCUT2D eigenvalue weighted by molar-refractivity contribution is 6.39. The van der Waals surface area contributed by atoms with Crippen LogP contribution in [0.5, 0.6) is 0 Å². The van der Waals surface area contributed by atoms with Crippen molar-refractivity contribution in [1.29, 1.82) is 0 Å². The molecule has 260 valence electrons. The van der Waals surface area contributed by atoms with E-state index in [-0.39, 0.29) is 0 Å². The number of nitrogens with zero attached hydrogens (tertiary/aromatic N) is 4. The average Bonchev–Trinajstić information content (AvgIpc) is 3.81. The molecule has 0 N–H and O–H groups in total. The smallest absolute Gasteiger partial charge is 0.0973 e. The number of fused-ring (bicyclic) bond motifs is 13. The van der Waals surface area contributed by atoms with Crippen LogP contribution in [0.1, 0.15) is 0 Å². The van der Waals surface area contributed by atoms with E-state index in [1.54, 1.807) is 0 Å². The molecule has 0 unspecified atom stereocenters. The van der Waals surface area contributed by atoms with Gasteiger partial charge in [0.15, 0.2) is 0 Å². The van der Waals surface area contributed by atoms with Crippen molar-refractivity contribution >= 4 is 76.2 Å². The molecule has 12 aromatic rings. The predicted molar refractivity (Wildman–Crippen MR) is 234 cm³/mol. The van der Waals surface area contributed by atoms with Crippen LogP contribution in [0.2, 0.25) is 0 Å². The van der Waals surface area contributed by atoms with Crippen LogP contribution in [0.15, 0.2) is 194 Å². The van der Waals surface area contributed by atoms with Gasteiger partial charge in [0.1, 0.15) is 0 Å². The van der Waals surface area contributed by atoms with Crippen LogP contribution in [0.25, 0.3) is 110 Å². The molecule has 0 saturated heterocycles. The summed E-state index contributed by atoms with van der Waals surface area (Å²) in [7, 11) is 0. The Morgan fingerprint density at radius 3 is 1.62 bits per heavy atom. The Balaban J connectivity index is 1.28. The molecule has 0 saturated carbocycles. The lowest BCUT2D eigenvalue weighted by Crippen LogP contribution is -2.00. The molecule has 9 aromatic carbocycles. The van der Waals surface area contributed by atoms with Gasteiger partial charge in [0, 0.05) is 44.0 Å². The first kappa shape index (κ1) is 30.9. The van der Waals surface area contributed by atoms with Gasteiger partial charge in [-0.2, -0.15) is 0 Å². The first-order valence-electron chi connectivity index (χ1n) is 19.1. The minimum absolute atomic E-state index is 0.858. The SMILES string of the molecule is c1ccc(-c2nc3ccccc3nc2-c2cccc(-n3c4ccc5ccccc5c4c4c5ccccc5c5c6ccccc6n(-c6ccccc6)c5c43)c2)cc1. The van der Waals surface area contributed by atoms with Crippen LogP contribution < -0.4 is 0 Å². The fourth-order valence-electron chi connectivity index (χ4n) is 9.11. The fourth-order valence-corrected chi connectivity index (χ4v) is 9.11. The highest BCUT2D eigenvalue weighted by Gasteiger charge is 2.26. The molecule has 0 aliphatic rings. The van der Waals surface area contributed by atoms with Crippen LogP contribution in [0.4, 0.5) is 0 Å². The Morgan fingerprint density at radius 1 is 0.321 bits per heavy atom. The Morgan fingerprint density at radius 2 is 0.857 bits per heavy atom. The zero-order chi connectivity index (χ0) is 36.7. The standard InChI is InChI=1S/C52H32N4/c1-3-17-34(18-4-1)49-50(54-43-28-13-12-27-42(43)53-49)35-19-15-22-37(32-35)56-45-31-30-33-16-7-8-23-38(33)47(45)48-40-25-10-9-24-39(40)46-41-26-11-14-29-44(41)55(51(46)52(48)56)36-20-5-2-6-21-36/h1-32H. The molecule has 0 atom stereocenters. The first-order valence-corrected chi connectivity index (χ1v) is 19.1. The van der Waals surface area contributed by atoms with Crippen LogP contribution >= 0.6 is 0 Å². The van der Waals surface area contributed by atoms with E-state index in [1.165, 1.54) is 59.6 Å². The molecule has 0 fully saturated rings. The first-order chi connectivity index (χ1) is 27.8. The van der Waals surface area contributed by atoms with Crippen molar-refractivity contribution in [3.05, 3.63) is 194 Å². The van der Waals surface area contributed by atoms with Gasteiger partial charge in [0.25, 0.3) is 0 Å². The lowest BCUT2D eigenvalue weighted by molar-refractivity contribution is 1.15. The third-order valence-corrected chi connectivity index (χ3v) is 11.4. The van der Waals surface area contributed by atoms with E-state index < -0.39 is 0 Å². The molecule has 56 heavy (non-hydrogen) atoms. The number of aromatic nitrogens is 4. The zero-order valence-corrected chi connectivity index (χ0v) is 30.3. The van der Waals surface area contributed by atoms with Crippen molar-refractivity contribution in [1.82, 2.24) is 19.1 Å². The summed E-state index contributed by atoms with van der Waals surface area (Å²) < 4.78 is 4.98. The minimum Gasteiger partial charge on any atom is -0.307 e. The monoisotopic (exact) mass is 712 g/mol. The highest BCUT2D eigenvalue weighted by atomic mass is 15.0. The Hall–Kier alpha value is -7.56. The van der Waals surface area contributed by atoms with E-state index in [9.17, 15) is 0 Å². The van der Waals surface area contributed by atoms with E-state index in [0.717, 1.165) is 50.4 Å². The fraction of sp³-hybridized carbons (Fsp3) is 0. The molecule has 3 aromatic heterocycles. The maximum Gasteiger partial charge on any atom is 0.0973 e. The second kappa shape index (κ2) is 12.0. The van der Waals surface area contributed by atoms with Crippen LogP contribution in [0, 0.1) is 0 Å². The molecule has 0 bridgehead atoms. The summed E-state index contributed by atoms with van der Waals surface area (Å²) >= 11 is 0. The number of benzene rings is 9. The van der Waals surface area contributed by atoms with Crippen molar-refractivity contribution in [2.45, 2.75) is 0 Å². The highest BCUT2D eigenvalue weighted by Crippen LogP contribution is 2.48. The van der Waals surface area contributed by atoms with Crippen LogP contribution in [-0.4, -0.2) is 19.1 Å². The zero-order valence-electron chi connectivity index (χ0n) is 30.3. The Kier molecular flexibility index (Phi) is 6.60. The van der Waals surface area contributed by atoms with Crippen LogP contribution in [-0.2, 0) is 0 Å². The molecule has 4 heteroatoms. The molecule has 0 spiro atoms. The normalized spacial score (nSPS) is 11.9. The van der Waals surface area contributed by atoms with E-state index in [2.05, 4.69) is 173 Å².